The van der Waals surface area contributed by atoms with Gasteiger partial charge in [0.15, 0.2) is 0 Å². The molecule has 0 spiro atoms. The predicted molar refractivity (Wildman–Crippen MR) is 209 cm³/mol. The van der Waals surface area contributed by atoms with E-state index in [9.17, 15) is 29.2 Å². The minimum absolute atomic E-state index is 0.0957. The second-order valence-corrected chi connectivity index (χ2v) is 17.4. The van der Waals surface area contributed by atoms with E-state index in [2.05, 4.69) is 54.2 Å². The zero-order valence-corrected chi connectivity index (χ0v) is 32.7. The summed E-state index contributed by atoms with van der Waals surface area (Å²) >= 11 is 6.24. The number of nitrogens with zero attached hydrogens (tertiary/aromatic N) is 4. The van der Waals surface area contributed by atoms with Crippen LogP contribution in [0.1, 0.15) is 88.3 Å². The second kappa shape index (κ2) is 14.0. The minimum Gasteiger partial charge on any atom is -0.489 e. The van der Waals surface area contributed by atoms with Gasteiger partial charge in [0.2, 0.25) is 11.8 Å². The number of rotatable bonds is 8. The number of carbonyl (C=O) groups is 5. The van der Waals surface area contributed by atoms with Crippen LogP contribution in [0.25, 0.3) is 0 Å². The maximum absolute atomic E-state index is 13.5. The lowest BCUT2D eigenvalue weighted by Gasteiger charge is -2.63. The number of hydrogen-bond donors (Lipinski definition) is 2. The highest BCUT2D eigenvalue weighted by atomic mass is 35.5. The minimum atomic E-state index is -0.963. The number of piperidine rings is 1. The van der Waals surface area contributed by atoms with E-state index in [4.69, 9.17) is 16.3 Å². The molecule has 13 heteroatoms. The Labute approximate surface area is 331 Å². The summed E-state index contributed by atoms with van der Waals surface area (Å²) in [5, 5.41) is 15.1. The Hall–Kier alpha value is -5.25. The summed E-state index contributed by atoms with van der Waals surface area (Å²) in [4.78, 5) is 70.0. The molecule has 2 aliphatic carbocycles. The Balaban J connectivity index is 0.822. The average molecular weight is 777 g/mol. The van der Waals surface area contributed by atoms with Crippen LogP contribution in [0, 0.1) is 28.1 Å². The van der Waals surface area contributed by atoms with Gasteiger partial charge < -0.3 is 15.0 Å². The number of nitrogens with one attached hydrogen (secondary N) is 2. The summed E-state index contributed by atoms with van der Waals surface area (Å²) in [6.45, 7) is 12.8. The molecule has 56 heavy (non-hydrogen) atoms. The lowest BCUT2D eigenvalue weighted by molar-refractivity contribution is -0.164. The topological polar surface area (TPSA) is 152 Å². The molecule has 1 atom stereocenters. The number of anilines is 1. The van der Waals surface area contributed by atoms with Crippen molar-refractivity contribution in [2.75, 3.05) is 37.6 Å². The summed E-state index contributed by atoms with van der Waals surface area (Å²) in [7, 11) is 0. The number of piperazine rings is 1. The highest BCUT2D eigenvalue weighted by Crippen LogP contribution is 2.55. The molecular weight excluding hydrogens is 732 g/mol. The molecule has 2 saturated heterocycles. The molecule has 0 bridgehead atoms. The van der Waals surface area contributed by atoms with Crippen molar-refractivity contribution in [3.8, 4) is 11.8 Å². The zero-order valence-electron chi connectivity index (χ0n) is 32.0. The van der Waals surface area contributed by atoms with Crippen molar-refractivity contribution >= 4 is 46.8 Å². The van der Waals surface area contributed by atoms with Crippen molar-refractivity contribution in [2.45, 2.75) is 71.6 Å². The van der Waals surface area contributed by atoms with Crippen molar-refractivity contribution in [1.82, 2.24) is 20.4 Å². The van der Waals surface area contributed by atoms with Crippen molar-refractivity contribution in [1.29, 1.82) is 5.26 Å². The molecule has 0 radical (unpaired) electrons. The molecule has 290 valence electrons. The first-order chi connectivity index (χ1) is 26.6. The van der Waals surface area contributed by atoms with Crippen LogP contribution < -0.4 is 20.3 Å². The van der Waals surface area contributed by atoms with Crippen LogP contribution in [0.3, 0.4) is 0 Å². The summed E-state index contributed by atoms with van der Waals surface area (Å²) in [6, 6.07) is 17.5. The second-order valence-electron chi connectivity index (χ2n) is 17.0. The number of hydrogen-bond acceptors (Lipinski definition) is 9. The molecule has 0 aromatic heterocycles. The Morgan fingerprint density at radius 1 is 0.911 bits per heavy atom. The van der Waals surface area contributed by atoms with Crippen LogP contribution in [0.5, 0.6) is 5.75 Å². The lowest BCUT2D eigenvalue weighted by atomic mass is 9.49. The lowest BCUT2D eigenvalue weighted by Crippen LogP contribution is -2.74. The largest absolute Gasteiger partial charge is 0.489 e. The Morgan fingerprint density at radius 2 is 1.54 bits per heavy atom. The van der Waals surface area contributed by atoms with Crippen molar-refractivity contribution in [3.63, 3.8) is 0 Å². The van der Waals surface area contributed by atoms with Crippen molar-refractivity contribution in [2.24, 2.45) is 16.7 Å². The number of halogens is 1. The molecule has 1 unspecified atom stereocenters. The monoisotopic (exact) mass is 776 g/mol. The fourth-order valence-electron chi connectivity index (χ4n) is 10.00. The van der Waals surface area contributed by atoms with Gasteiger partial charge >= 0.3 is 0 Å². The van der Waals surface area contributed by atoms with Crippen LogP contribution >= 0.6 is 11.6 Å². The van der Waals surface area contributed by atoms with Gasteiger partial charge in [-0.1, -0.05) is 39.3 Å². The molecule has 8 rings (SSSR count). The number of fused-ring (bicyclic) bond motifs is 2. The molecular formula is C43H45ClN6O6. The van der Waals surface area contributed by atoms with E-state index in [0.29, 0.717) is 38.9 Å². The summed E-state index contributed by atoms with van der Waals surface area (Å²) < 4.78 is 6.37. The first-order valence-corrected chi connectivity index (χ1v) is 19.7. The molecule has 3 aromatic carbocycles. The van der Waals surface area contributed by atoms with Gasteiger partial charge in [0, 0.05) is 73.3 Å². The van der Waals surface area contributed by atoms with Gasteiger partial charge in [-0.05, 0) is 84.8 Å². The molecule has 2 N–H and O–H groups in total. The SMILES string of the molecule is CC1(C)[C@H](NC(=O)c2ccc(N3CCN(CC4Cc5cc6c(cc5C4)C(=O)N(C4CCC(=O)NC4=O)C6=O)CC3)cc2)C(C)(C)[C@H]1Oc1ccc(C#N)c(Cl)c1. The normalized spacial score (nSPS) is 24.2. The van der Waals surface area contributed by atoms with E-state index in [-0.39, 0.29) is 47.6 Å². The molecule has 3 fully saturated rings. The van der Waals surface area contributed by atoms with E-state index in [1.807, 2.05) is 36.4 Å². The van der Waals surface area contributed by atoms with E-state index < -0.39 is 23.8 Å². The average Bonchev–Trinajstić information content (AvgIpc) is 3.67. The quantitative estimate of drug-likeness (QED) is 0.309. The Morgan fingerprint density at radius 3 is 2.11 bits per heavy atom. The standard InChI is InChI=1S/C43H45ClN6O6/c1-42(2)40(43(3,4)41(42)56-30-10-7-26(22-45)33(44)21-30)47-36(52)25-5-8-29(9-6-25)49-15-13-48(14-16-49)23-24-17-27-19-31-32(20-28(27)18-24)39(55)50(38(31)54)34-11-12-35(51)46-37(34)53/h5-10,19-21,24,34,40-41H,11-18,23H2,1-4H3,(H,47,52)(H,46,51,53)/t34?,40-,41-. The molecule has 12 nitrogen and oxygen atoms in total. The van der Waals surface area contributed by atoms with Crippen molar-refractivity contribution < 1.29 is 28.7 Å². The fraction of sp³-hybridized carbons (Fsp3) is 0.442. The third-order valence-corrected chi connectivity index (χ3v) is 12.9. The molecule has 5 aliphatic rings. The first-order valence-electron chi connectivity index (χ1n) is 19.3. The molecule has 5 amide bonds. The van der Waals surface area contributed by atoms with Gasteiger partial charge in [-0.25, -0.2) is 0 Å². The molecule has 3 aromatic rings. The highest BCUT2D eigenvalue weighted by molar-refractivity contribution is 6.31. The highest BCUT2D eigenvalue weighted by Gasteiger charge is 2.64. The predicted octanol–water partition coefficient (Wildman–Crippen LogP) is 4.76. The Bertz CT molecular complexity index is 2140. The van der Waals surface area contributed by atoms with Gasteiger partial charge in [-0.3, -0.25) is 39.1 Å². The Kier molecular flexibility index (Phi) is 9.45. The van der Waals surface area contributed by atoms with E-state index in [0.717, 1.165) is 67.3 Å². The van der Waals surface area contributed by atoms with Gasteiger partial charge in [-0.15, -0.1) is 0 Å². The van der Waals surface area contributed by atoms with Gasteiger partial charge in [-0.2, -0.15) is 5.26 Å². The van der Waals surface area contributed by atoms with Gasteiger partial charge in [0.05, 0.1) is 21.7 Å². The number of benzene rings is 3. The number of carbonyl (C=O) groups excluding carboxylic acids is 5. The van der Waals surface area contributed by atoms with E-state index in [1.54, 1.807) is 18.2 Å². The molecule has 3 heterocycles. The maximum Gasteiger partial charge on any atom is 0.262 e. The number of imide groups is 2. The summed E-state index contributed by atoms with van der Waals surface area (Å²) in [5.74, 6) is -1.09. The van der Waals surface area contributed by atoms with Gasteiger partial charge in [0.25, 0.3) is 17.7 Å². The first kappa shape index (κ1) is 37.7. The number of ether oxygens (including phenoxy) is 1. The van der Waals surface area contributed by atoms with E-state index in [1.165, 1.54) is 0 Å². The number of nitriles is 1. The third-order valence-electron chi connectivity index (χ3n) is 12.6. The fourth-order valence-corrected chi connectivity index (χ4v) is 10.2. The summed E-state index contributed by atoms with van der Waals surface area (Å²) in [6.07, 6.45) is 1.69. The molecule has 3 aliphatic heterocycles. The summed E-state index contributed by atoms with van der Waals surface area (Å²) in [5.41, 5.74) is 4.19. The number of amides is 5. The maximum atomic E-state index is 13.5. The van der Waals surface area contributed by atoms with Gasteiger partial charge in [0.1, 0.15) is 24.0 Å². The van der Waals surface area contributed by atoms with Crippen LogP contribution in [0.15, 0.2) is 54.6 Å². The van der Waals surface area contributed by atoms with Crippen LogP contribution in [0.2, 0.25) is 5.02 Å². The van der Waals surface area contributed by atoms with Crippen LogP contribution in [-0.2, 0) is 22.4 Å². The molecule has 1 saturated carbocycles. The zero-order chi connectivity index (χ0) is 39.7. The van der Waals surface area contributed by atoms with Crippen LogP contribution in [-0.4, -0.2) is 90.2 Å². The van der Waals surface area contributed by atoms with Crippen LogP contribution in [0.4, 0.5) is 5.69 Å². The third kappa shape index (κ3) is 6.50. The van der Waals surface area contributed by atoms with Crippen molar-refractivity contribution in [3.05, 3.63) is 93.0 Å². The van der Waals surface area contributed by atoms with E-state index >= 15 is 0 Å². The smallest absolute Gasteiger partial charge is 0.262 e.